The van der Waals surface area contributed by atoms with Crippen molar-refractivity contribution in [1.82, 2.24) is 9.55 Å². The summed E-state index contributed by atoms with van der Waals surface area (Å²) < 4.78 is 15.6. The van der Waals surface area contributed by atoms with Gasteiger partial charge in [-0.05, 0) is 25.0 Å². The zero-order valence-electron chi connectivity index (χ0n) is 13.1. The first-order valence-electron chi connectivity index (χ1n) is 8.08. The summed E-state index contributed by atoms with van der Waals surface area (Å²) in [6, 6.07) is 4.75. The lowest BCUT2D eigenvalue weighted by Gasteiger charge is -2.14. The van der Waals surface area contributed by atoms with Crippen LogP contribution in [0, 0.1) is 5.82 Å². The molecule has 1 aromatic heterocycles. The Morgan fingerprint density at radius 2 is 1.95 bits per heavy atom. The number of nitrogens with two attached hydrogens (primary N) is 1. The number of hydrogen-bond acceptors (Lipinski definition) is 2. The fraction of sp³-hybridized carbons (Fsp3) is 0.588. The van der Waals surface area contributed by atoms with Crippen molar-refractivity contribution in [3.05, 3.63) is 29.8 Å². The number of imidazole rings is 1. The first-order valence-corrected chi connectivity index (χ1v) is 8.08. The Bertz CT molecular complexity index is 577. The second-order valence-electron chi connectivity index (χ2n) is 5.71. The van der Waals surface area contributed by atoms with E-state index in [2.05, 4.69) is 23.4 Å². The van der Waals surface area contributed by atoms with Crippen LogP contribution in [0.4, 0.5) is 4.39 Å². The molecule has 1 heterocycles. The zero-order chi connectivity index (χ0) is 15.2. The van der Waals surface area contributed by atoms with E-state index in [4.69, 9.17) is 5.73 Å². The number of aryl methyl sites for hydroxylation is 1. The summed E-state index contributed by atoms with van der Waals surface area (Å²) in [6.07, 6.45) is 6.61. The topological polar surface area (TPSA) is 43.8 Å². The third-order valence-corrected chi connectivity index (χ3v) is 3.93. The van der Waals surface area contributed by atoms with Crippen molar-refractivity contribution in [3.8, 4) is 0 Å². The molecule has 0 spiro atoms. The fourth-order valence-corrected chi connectivity index (χ4v) is 2.71. The number of unbranched alkanes of at least 4 members (excludes halogenated alkanes) is 3. The molecular formula is C17H26FN3. The summed E-state index contributed by atoms with van der Waals surface area (Å²) in [6.45, 7) is 5.26. The maximum absolute atomic E-state index is 13.4. The van der Waals surface area contributed by atoms with Crippen LogP contribution in [-0.4, -0.2) is 9.55 Å². The van der Waals surface area contributed by atoms with Crippen LogP contribution in [0.1, 0.15) is 64.2 Å². The van der Waals surface area contributed by atoms with Crippen LogP contribution >= 0.6 is 0 Å². The van der Waals surface area contributed by atoms with Gasteiger partial charge in [0.1, 0.15) is 11.6 Å². The van der Waals surface area contributed by atoms with Gasteiger partial charge in [-0.3, -0.25) is 0 Å². The smallest absolute Gasteiger partial charge is 0.126 e. The van der Waals surface area contributed by atoms with Crippen molar-refractivity contribution >= 4 is 11.0 Å². The Kier molecular flexibility index (Phi) is 5.74. The molecule has 0 aliphatic heterocycles. The lowest BCUT2D eigenvalue weighted by Crippen LogP contribution is -2.17. The van der Waals surface area contributed by atoms with E-state index >= 15 is 0 Å². The molecule has 21 heavy (non-hydrogen) atoms. The number of nitrogens with zero attached hydrogens (tertiary/aromatic N) is 2. The van der Waals surface area contributed by atoms with Crippen molar-refractivity contribution in [2.45, 2.75) is 65.0 Å². The molecule has 0 saturated heterocycles. The highest BCUT2D eigenvalue weighted by Gasteiger charge is 2.16. The summed E-state index contributed by atoms with van der Waals surface area (Å²) in [7, 11) is 0. The third-order valence-electron chi connectivity index (χ3n) is 3.93. The van der Waals surface area contributed by atoms with E-state index < -0.39 is 0 Å². The van der Waals surface area contributed by atoms with Crippen LogP contribution < -0.4 is 5.73 Å². The largest absolute Gasteiger partial charge is 0.327 e. The standard InChI is InChI=1S/C17H26FN3/c1-3-5-7-11-21-16-10-9-13(18)12-15(16)20-17(21)14(19)8-6-4-2/h9-10,12,14H,3-8,11,19H2,1-2H3. The molecule has 2 N–H and O–H groups in total. The molecule has 1 atom stereocenters. The van der Waals surface area contributed by atoms with Gasteiger partial charge >= 0.3 is 0 Å². The van der Waals surface area contributed by atoms with Gasteiger partial charge in [0, 0.05) is 12.6 Å². The minimum atomic E-state index is -0.241. The highest BCUT2D eigenvalue weighted by atomic mass is 19.1. The van der Waals surface area contributed by atoms with Crippen LogP contribution in [0.15, 0.2) is 18.2 Å². The third kappa shape index (κ3) is 3.82. The average molecular weight is 291 g/mol. The lowest BCUT2D eigenvalue weighted by atomic mass is 10.1. The summed E-state index contributed by atoms with van der Waals surface area (Å²) in [4.78, 5) is 4.60. The Morgan fingerprint density at radius 1 is 1.19 bits per heavy atom. The summed E-state index contributed by atoms with van der Waals surface area (Å²) in [5, 5.41) is 0. The first kappa shape index (κ1) is 16.0. The van der Waals surface area contributed by atoms with E-state index in [1.165, 1.54) is 25.0 Å². The second kappa shape index (κ2) is 7.55. The molecule has 4 heteroatoms. The zero-order valence-corrected chi connectivity index (χ0v) is 13.1. The molecule has 0 bridgehead atoms. The Balaban J connectivity index is 2.33. The number of rotatable bonds is 8. The molecule has 116 valence electrons. The average Bonchev–Trinajstić information content (AvgIpc) is 2.83. The van der Waals surface area contributed by atoms with Gasteiger partial charge in [0.15, 0.2) is 0 Å². The minimum Gasteiger partial charge on any atom is -0.327 e. The molecule has 1 unspecified atom stereocenters. The van der Waals surface area contributed by atoms with Gasteiger partial charge in [0.2, 0.25) is 0 Å². The number of hydrogen-bond donors (Lipinski definition) is 1. The molecular weight excluding hydrogens is 265 g/mol. The van der Waals surface area contributed by atoms with Crippen LogP contribution in [0.2, 0.25) is 0 Å². The second-order valence-corrected chi connectivity index (χ2v) is 5.71. The molecule has 0 saturated carbocycles. The van der Waals surface area contributed by atoms with Crippen molar-refractivity contribution in [3.63, 3.8) is 0 Å². The number of fused-ring (bicyclic) bond motifs is 1. The van der Waals surface area contributed by atoms with Gasteiger partial charge in [-0.25, -0.2) is 9.37 Å². The number of halogens is 1. The SMILES string of the molecule is CCCCCn1c(C(N)CCCC)nc2cc(F)ccc21. The van der Waals surface area contributed by atoms with Crippen molar-refractivity contribution in [2.24, 2.45) is 5.73 Å². The van der Waals surface area contributed by atoms with E-state index in [1.54, 1.807) is 0 Å². The van der Waals surface area contributed by atoms with E-state index in [0.29, 0.717) is 5.52 Å². The molecule has 2 rings (SSSR count). The maximum Gasteiger partial charge on any atom is 0.126 e. The van der Waals surface area contributed by atoms with Crippen molar-refractivity contribution in [2.75, 3.05) is 0 Å². The van der Waals surface area contributed by atoms with E-state index in [1.807, 2.05) is 6.07 Å². The Hall–Kier alpha value is -1.42. The molecule has 0 aliphatic carbocycles. The van der Waals surface area contributed by atoms with Gasteiger partial charge < -0.3 is 10.3 Å². The molecule has 0 fully saturated rings. The van der Waals surface area contributed by atoms with Gasteiger partial charge in [-0.15, -0.1) is 0 Å². The van der Waals surface area contributed by atoms with Crippen LogP contribution in [-0.2, 0) is 6.54 Å². The normalized spacial score (nSPS) is 13.0. The van der Waals surface area contributed by atoms with Crippen LogP contribution in [0.25, 0.3) is 11.0 Å². The van der Waals surface area contributed by atoms with E-state index in [-0.39, 0.29) is 11.9 Å². The van der Waals surface area contributed by atoms with E-state index in [9.17, 15) is 4.39 Å². The first-order chi connectivity index (χ1) is 10.2. The predicted octanol–water partition coefficient (Wildman–Crippen LogP) is 4.56. The highest BCUT2D eigenvalue weighted by molar-refractivity contribution is 5.76. The summed E-state index contributed by atoms with van der Waals surface area (Å²) >= 11 is 0. The number of benzene rings is 1. The van der Waals surface area contributed by atoms with Crippen LogP contribution in [0.3, 0.4) is 0 Å². The monoisotopic (exact) mass is 291 g/mol. The quantitative estimate of drug-likeness (QED) is 0.725. The molecule has 0 radical (unpaired) electrons. The summed E-state index contributed by atoms with van der Waals surface area (Å²) in [5.74, 6) is 0.662. The van der Waals surface area contributed by atoms with Gasteiger partial charge in [0.25, 0.3) is 0 Å². The molecule has 2 aromatic rings. The Labute approximate surface area is 126 Å². The van der Waals surface area contributed by atoms with Gasteiger partial charge in [-0.2, -0.15) is 0 Å². The van der Waals surface area contributed by atoms with Gasteiger partial charge in [-0.1, -0.05) is 39.5 Å². The van der Waals surface area contributed by atoms with E-state index in [0.717, 1.165) is 43.6 Å². The van der Waals surface area contributed by atoms with Crippen LogP contribution in [0.5, 0.6) is 0 Å². The fourth-order valence-electron chi connectivity index (χ4n) is 2.71. The summed E-state index contributed by atoms with van der Waals surface area (Å²) in [5.41, 5.74) is 8.02. The molecule has 1 aromatic carbocycles. The number of aromatic nitrogens is 2. The molecule has 0 amide bonds. The molecule has 0 aliphatic rings. The molecule has 3 nitrogen and oxygen atoms in total. The van der Waals surface area contributed by atoms with Gasteiger partial charge in [0.05, 0.1) is 17.1 Å². The van der Waals surface area contributed by atoms with Crippen molar-refractivity contribution in [1.29, 1.82) is 0 Å². The minimum absolute atomic E-state index is 0.0676. The Morgan fingerprint density at radius 3 is 2.67 bits per heavy atom. The lowest BCUT2D eigenvalue weighted by molar-refractivity contribution is 0.522. The van der Waals surface area contributed by atoms with Crippen molar-refractivity contribution < 1.29 is 4.39 Å². The predicted molar refractivity (Wildman–Crippen MR) is 85.7 cm³/mol. The maximum atomic E-state index is 13.4. The highest BCUT2D eigenvalue weighted by Crippen LogP contribution is 2.24.